The third-order valence-electron chi connectivity index (χ3n) is 4.82. The summed E-state index contributed by atoms with van der Waals surface area (Å²) < 4.78 is 16.7. The zero-order valence-corrected chi connectivity index (χ0v) is 16.1. The molecule has 0 aliphatic heterocycles. The van der Waals surface area contributed by atoms with Crippen LogP contribution in [0.5, 0.6) is 0 Å². The second kappa shape index (κ2) is 8.12. The lowest BCUT2D eigenvalue weighted by atomic mass is 9.88. The quantitative estimate of drug-likeness (QED) is 0.811. The number of rotatable bonds is 5. The Morgan fingerprint density at radius 2 is 2.00 bits per heavy atom. The monoisotopic (exact) mass is 375 g/mol. The van der Waals surface area contributed by atoms with E-state index in [1.807, 2.05) is 18.2 Å². The molecule has 2 aromatic rings. The molecule has 1 N–H and O–H groups in total. The zero-order valence-electron chi connectivity index (χ0n) is 15.3. The number of hydrogen-bond donors (Lipinski definition) is 1. The lowest BCUT2D eigenvalue weighted by Crippen LogP contribution is -2.46. The van der Waals surface area contributed by atoms with Crippen LogP contribution < -0.4 is 5.32 Å². The van der Waals surface area contributed by atoms with Gasteiger partial charge in [0.15, 0.2) is 5.82 Å². The number of nitrogens with zero attached hydrogens (tertiary/aromatic N) is 2. The SMILES string of the molecule is Cc1nc(C2(NC(=O)c3cccc(C[S@](C)=O)c3)CCCCCC2)no1. The largest absolute Gasteiger partial charge is 0.340 e. The van der Waals surface area contributed by atoms with Crippen molar-refractivity contribution in [3.05, 3.63) is 47.1 Å². The van der Waals surface area contributed by atoms with E-state index >= 15 is 0 Å². The molecule has 1 amide bonds. The Morgan fingerprint density at radius 3 is 2.62 bits per heavy atom. The van der Waals surface area contributed by atoms with E-state index in [4.69, 9.17) is 4.52 Å². The van der Waals surface area contributed by atoms with Crippen LogP contribution in [0.3, 0.4) is 0 Å². The van der Waals surface area contributed by atoms with Crippen molar-refractivity contribution in [2.75, 3.05) is 6.26 Å². The van der Waals surface area contributed by atoms with Gasteiger partial charge in [-0.05, 0) is 30.5 Å². The highest BCUT2D eigenvalue weighted by atomic mass is 32.2. The molecule has 1 aromatic heterocycles. The Morgan fingerprint density at radius 1 is 1.27 bits per heavy atom. The molecule has 1 aromatic carbocycles. The summed E-state index contributed by atoms with van der Waals surface area (Å²) in [5.74, 6) is 1.36. The first-order chi connectivity index (χ1) is 12.5. The third kappa shape index (κ3) is 4.38. The van der Waals surface area contributed by atoms with E-state index in [1.54, 1.807) is 19.2 Å². The third-order valence-corrected chi connectivity index (χ3v) is 5.56. The number of nitrogens with one attached hydrogen (secondary N) is 1. The predicted octanol–water partition coefficient (Wildman–Crippen LogP) is 3.24. The van der Waals surface area contributed by atoms with Crippen molar-refractivity contribution in [3.8, 4) is 0 Å². The van der Waals surface area contributed by atoms with Crippen LogP contribution in [0.15, 0.2) is 28.8 Å². The Bertz CT molecular complexity index is 795. The van der Waals surface area contributed by atoms with Gasteiger partial charge in [0, 0.05) is 35.3 Å². The molecule has 7 heteroatoms. The Kier molecular flexibility index (Phi) is 5.86. The van der Waals surface area contributed by atoms with Gasteiger partial charge in [0.1, 0.15) is 5.54 Å². The molecule has 1 aliphatic rings. The summed E-state index contributed by atoms with van der Waals surface area (Å²) in [5.41, 5.74) is 0.871. The lowest BCUT2D eigenvalue weighted by molar-refractivity contribution is 0.0876. The molecule has 0 spiro atoms. The van der Waals surface area contributed by atoms with E-state index in [1.165, 1.54) is 0 Å². The van der Waals surface area contributed by atoms with E-state index in [9.17, 15) is 9.00 Å². The summed E-state index contributed by atoms with van der Waals surface area (Å²) in [7, 11) is -0.946. The number of benzene rings is 1. The number of carbonyl (C=O) groups excluding carboxylic acids is 1. The van der Waals surface area contributed by atoms with Gasteiger partial charge in [0.25, 0.3) is 5.91 Å². The first-order valence-corrected chi connectivity index (χ1v) is 10.7. The van der Waals surface area contributed by atoms with Crippen molar-refractivity contribution in [3.63, 3.8) is 0 Å². The van der Waals surface area contributed by atoms with Crippen molar-refractivity contribution in [1.82, 2.24) is 15.5 Å². The molecule has 1 atom stereocenters. The van der Waals surface area contributed by atoms with Crippen molar-refractivity contribution in [2.24, 2.45) is 0 Å². The van der Waals surface area contributed by atoms with Crippen LogP contribution in [0, 0.1) is 6.92 Å². The fourth-order valence-corrected chi connectivity index (χ4v) is 4.21. The molecule has 0 unspecified atom stereocenters. The van der Waals surface area contributed by atoms with Gasteiger partial charge in [0.2, 0.25) is 5.89 Å². The molecule has 3 rings (SSSR count). The minimum absolute atomic E-state index is 0.155. The normalized spacial score (nSPS) is 18.1. The lowest BCUT2D eigenvalue weighted by Gasteiger charge is -2.30. The summed E-state index contributed by atoms with van der Waals surface area (Å²) in [6.07, 6.45) is 7.59. The molecule has 1 fully saturated rings. The fourth-order valence-electron chi connectivity index (χ4n) is 3.56. The van der Waals surface area contributed by atoms with Crippen molar-refractivity contribution >= 4 is 16.7 Å². The highest BCUT2D eigenvalue weighted by molar-refractivity contribution is 7.83. The molecule has 1 saturated carbocycles. The first-order valence-electron chi connectivity index (χ1n) is 9.01. The smallest absolute Gasteiger partial charge is 0.252 e. The summed E-state index contributed by atoms with van der Waals surface area (Å²) >= 11 is 0. The summed E-state index contributed by atoms with van der Waals surface area (Å²) in [5, 5.41) is 7.31. The summed E-state index contributed by atoms with van der Waals surface area (Å²) in [6, 6.07) is 7.31. The number of aromatic nitrogens is 2. The molecule has 1 aliphatic carbocycles. The highest BCUT2D eigenvalue weighted by Crippen LogP contribution is 2.35. The van der Waals surface area contributed by atoms with Crippen molar-refractivity contribution in [1.29, 1.82) is 0 Å². The van der Waals surface area contributed by atoms with Crippen LogP contribution in [-0.4, -0.2) is 26.5 Å². The van der Waals surface area contributed by atoms with E-state index in [0.717, 1.165) is 44.1 Å². The molecule has 0 bridgehead atoms. The second-order valence-corrected chi connectivity index (χ2v) is 8.44. The molecular formula is C19H25N3O3S. The highest BCUT2D eigenvalue weighted by Gasteiger charge is 2.39. The van der Waals surface area contributed by atoms with Gasteiger partial charge in [0.05, 0.1) is 0 Å². The molecule has 6 nitrogen and oxygen atoms in total. The molecule has 0 saturated heterocycles. The van der Waals surface area contributed by atoms with Gasteiger partial charge in [-0.2, -0.15) is 4.98 Å². The Balaban J connectivity index is 1.87. The minimum atomic E-state index is -0.946. The van der Waals surface area contributed by atoms with Crippen LogP contribution in [-0.2, 0) is 22.1 Å². The van der Waals surface area contributed by atoms with Gasteiger partial charge in [-0.1, -0.05) is 43.0 Å². The Hall–Kier alpha value is -2.02. The molecule has 26 heavy (non-hydrogen) atoms. The topological polar surface area (TPSA) is 85.1 Å². The average molecular weight is 375 g/mol. The standard InChI is InChI=1S/C19H25N3O3S/c1-14-20-18(22-25-14)19(10-5-3-4-6-11-19)21-17(23)16-9-7-8-15(12-16)13-26(2)24/h7-9,12H,3-6,10-11,13H2,1-2H3,(H,21,23)/t26-/m0/s1. The Labute approximate surface area is 156 Å². The molecule has 0 radical (unpaired) electrons. The van der Waals surface area contributed by atoms with Crippen LogP contribution in [0.25, 0.3) is 0 Å². The maximum atomic E-state index is 13.0. The van der Waals surface area contributed by atoms with E-state index in [0.29, 0.717) is 23.0 Å². The summed E-state index contributed by atoms with van der Waals surface area (Å²) in [6.45, 7) is 1.76. The summed E-state index contributed by atoms with van der Waals surface area (Å²) in [4.78, 5) is 17.4. The minimum Gasteiger partial charge on any atom is -0.340 e. The fraction of sp³-hybridized carbons (Fsp3) is 0.526. The van der Waals surface area contributed by atoms with Crippen molar-refractivity contribution < 1.29 is 13.5 Å². The predicted molar refractivity (Wildman–Crippen MR) is 100 cm³/mol. The van der Waals surface area contributed by atoms with E-state index in [-0.39, 0.29) is 5.91 Å². The van der Waals surface area contributed by atoms with Gasteiger partial charge >= 0.3 is 0 Å². The second-order valence-electron chi connectivity index (χ2n) is 7.01. The maximum absolute atomic E-state index is 13.0. The van der Waals surface area contributed by atoms with Crippen LogP contribution in [0.2, 0.25) is 0 Å². The first kappa shape index (κ1) is 18.8. The van der Waals surface area contributed by atoms with Crippen LogP contribution in [0.4, 0.5) is 0 Å². The van der Waals surface area contributed by atoms with Gasteiger partial charge in [-0.25, -0.2) is 0 Å². The van der Waals surface area contributed by atoms with E-state index in [2.05, 4.69) is 15.5 Å². The maximum Gasteiger partial charge on any atom is 0.252 e. The zero-order chi connectivity index (χ0) is 18.6. The number of aryl methyl sites for hydroxylation is 1. The van der Waals surface area contributed by atoms with Gasteiger partial charge < -0.3 is 9.84 Å². The van der Waals surface area contributed by atoms with Crippen LogP contribution in [0.1, 0.15) is 66.2 Å². The molecular weight excluding hydrogens is 350 g/mol. The average Bonchev–Trinajstić information content (AvgIpc) is 2.90. The molecule has 1 heterocycles. The van der Waals surface area contributed by atoms with E-state index < -0.39 is 16.3 Å². The van der Waals surface area contributed by atoms with Gasteiger partial charge in [-0.15, -0.1) is 0 Å². The number of amides is 1. The molecule has 140 valence electrons. The van der Waals surface area contributed by atoms with Crippen LogP contribution >= 0.6 is 0 Å². The van der Waals surface area contributed by atoms with Crippen molar-refractivity contribution in [2.45, 2.75) is 56.7 Å². The number of carbonyl (C=O) groups is 1. The van der Waals surface area contributed by atoms with Gasteiger partial charge in [-0.3, -0.25) is 9.00 Å². The number of hydrogen-bond acceptors (Lipinski definition) is 5.